The van der Waals surface area contributed by atoms with Crippen molar-refractivity contribution in [1.29, 1.82) is 0 Å². The number of hydrogen-bond donors (Lipinski definition) is 1. The number of benzene rings is 3. The van der Waals surface area contributed by atoms with Crippen molar-refractivity contribution < 1.29 is 23.9 Å². The van der Waals surface area contributed by atoms with Crippen molar-refractivity contribution >= 4 is 72.4 Å². The molecule has 0 unspecified atom stereocenters. The van der Waals surface area contributed by atoms with Crippen molar-refractivity contribution in [1.82, 2.24) is 4.90 Å². The number of anilines is 1. The van der Waals surface area contributed by atoms with E-state index >= 15 is 0 Å². The Morgan fingerprint density at radius 1 is 1.03 bits per heavy atom. The van der Waals surface area contributed by atoms with Gasteiger partial charge < -0.3 is 14.8 Å². The van der Waals surface area contributed by atoms with Gasteiger partial charge in [0.2, 0.25) is 5.91 Å². The van der Waals surface area contributed by atoms with Crippen LogP contribution >= 0.6 is 43.6 Å². The fraction of sp³-hybridized carbons (Fsp3) is 0.148. The summed E-state index contributed by atoms with van der Waals surface area (Å²) < 4.78 is 13.3. The molecule has 7 nitrogen and oxygen atoms in total. The molecule has 0 atom stereocenters. The first-order valence-corrected chi connectivity index (χ1v) is 13.7. The van der Waals surface area contributed by atoms with Crippen molar-refractivity contribution in [2.75, 3.05) is 18.5 Å². The second-order valence-corrected chi connectivity index (χ2v) is 10.6. The number of carbonyl (C=O) groups is 3. The highest BCUT2D eigenvalue weighted by Crippen LogP contribution is 2.39. The second kappa shape index (κ2) is 12.4. The average Bonchev–Trinajstić information content (AvgIpc) is 3.13. The normalized spacial score (nSPS) is 14.2. The minimum absolute atomic E-state index is 0.216. The number of hydrogen-bond acceptors (Lipinski definition) is 6. The molecule has 190 valence electrons. The van der Waals surface area contributed by atoms with Crippen molar-refractivity contribution in [3.05, 3.63) is 91.7 Å². The minimum Gasteiger partial charge on any atom is -0.490 e. The first-order valence-electron chi connectivity index (χ1n) is 11.3. The van der Waals surface area contributed by atoms with Gasteiger partial charge in [0.1, 0.15) is 13.2 Å². The highest BCUT2D eigenvalue weighted by molar-refractivity contribution is 9.10. The Balaban J connectivity index is 1.48. The Hall–Kier alpha value is -3.08. The van der Waals surface area contributed by atoms with E-state index in [9.17, 15) is 14.4 Å². The van der Waals surface area contributed by atoms with Gasteiger partial charge in [0.25, 0.3) is 11.1 Å². The molecular weight excluding hydrogens is 624 g/mol. The zero-order chi connectivity index (χ0) is 26.4. The molecule has 0 saturated carbocycles. The lowest BCUT2D eigenvalue weighted by molar-refractivity contribution is -0.127. The summed E-state index contributed by atoms with van der Waals surface area (Å²) in [5, 5.41) is 2.18. The van der Waals surface area contributed by atoms with Gasteiger partial charge in [0, 0.05) is 10.2 Å². The predicted molar refractivity (Wildman–Crippen MR) is 152 cm³/mol. The van der Waals surface area contributed by atoms with Crippen LogP contribution < -0.4 is 14.8 Å². The third kappa shape index (κ3) is 7.03. The van der Waals surface area contributed by atoms with Crippen LogP contribution in [-0.2, 0) is 16.2 Å². The predicted octanol–water partition coefficient (Wildman–Crippen LogP) is 6.86. The molecule has 0 bridgehead atoms. The quantitative estimate of drug-likeness (QED) is 0.256. The number of nitrogens with zero attached hydrogens (tertiary/aromatic N) is 1. The number of ether oxygens (including phenoxy) is 2. The van der Waals surface area contributed by atoms with Gasteiger partial charge in [-0.1, -0.05) is 46.3 Å². The first kappa shape index (κ1) is 27.0. The molecule has 4 rings (SSSR count). The van der Waals surface area contributed by atoms with Crippen LogP contribution in [0.2, 0.25) is 0 Å². The topological polar surface area (TPSA) is 84.9 Å². The monoisotopic (exact) mass is 644 g/mol. The summed E-state index contributed by atoms with van der Waals surface area (Å²) in [4.78, 5) is 39.0. The molecule has 1 saturated heterocycles. The molecule has 0 radical (unpaired) electrons. The molecule has 1 N–H and O–H groups in total. The third-order valence-corrected chi connectivity index (χ3v) is 7.18. The van der Waals surface area contributed by atoms with Gasteiger partial charge in [0.15, 0.2) is 11.5 Å². The lowest BCUT2D eigenvalue weighted by Crippen LogP contribution is -2.36. The molecule has 37 heavy (non-hydrogen) atoms. The number of halogens is 2. The third-order valence-electron chi connectivity index (χ3n) is 5.16. The molecule has 1 heterocycles. The van der Waals surface area contributed by atoms with Crippen molar-refractivity contribution in [3.8, 4) is 11.5 Å². The second-order valence-electron chi connectivity index (χ2n) is 7.86. The van der Waals surface area contributed by atoms with Crippen molar-refractivity contribution in [3.63, 3.8) is 0 Å². The molecule has 1 fully saturated rings. The van der Waals surface area contributed by atoms with Crippen LogP contribution in [0.3, 0.4) is 0 Å². The highest BCUT2D eigenvalue weighted by Gasteiger charge is 2.36. The van der Waals surface area contributed by atoms with E-state index in [4.69, 9.17) is 9.47 Å². The van der Waals surface area contributed by atoms with Gasteiger partial charge in [-0.15, -0.1) is 0 Å². The number of amides is 3. The van der Waals surface area contributed by atoms with Crippen molar-refractivity contribution in [2.45, 2.75) is 13.5 Å². The van der Waals surface area contributed by atoms with E-state index < -0.39 is 17.1 Å². The van der Waals surface area contributed by atoms with Crippen LogP contribution in [0.15, 0.2) is 80.6 Å². The highest BCUT2D eigenvalue weighted by atomic mass is 79.9. The minimum atomic E-state index is -0.528. The van der Waals surface area contributed by atoms with Crippen LogP contribution in [0.4, 0.5) is 10.5 Å². The fourth-order valence-corrected chi connectivity index (χ4v) is 5.15. The Kier molecular flexibility index (Phi) is 9.07. The van der Waals surface area contributed by atoms with Gasteiger partial charge in [-0.25, -0.2) is 0 Å². The average molecular weight is 646 g/mol. The van der Waals surface area contributed by atoms with E-state index in [2.05, 4.69) is 37.2 Å². The van der Waals surface area contributed by atoms with Gasteiger partial charge in [-0.3, -0.25) is 19.3 Å². The number of nitrogens with one attached hydrogen (secondary N) is 1. The van der Waals surface area contributed by atoms with Gasteiger partial charge in [0.05, 0.1) is 16.0 Å². The van der Waals surface area contributed by atoms with Gasteiger partial charge >= 0.3 is 0 Å². The Morgan fingerprint density at radius 2 is 1.76 bits per heavy atom. The number of imide groups is 1. The number of carbonyl (C=O) groups excluding carboxylic acids is 3. The smallest absolute Gasteiger partial charge is 0.294 e. The van der Waals surface area contributed by atoms with E-state index in [0.717, 1.165) is 26.7 Å². The van der Waals surface area contributed by atoms with E-state index in [0.29, 0.717) is 40.4 Å². The van der Waals surface area contributed by atoms with Crippen LogP contribution in [0, 0.1) is 0 Å². The molecule has 3 amide bonds. The van der Waals surface area contributed by atoms with Crippen LogP contribution in [0.1, 0.15) is 18.1 Å². The Morgan fingerprint density at radius 3 is 2.46 bits per heavy atom. The van der Waals surface area contributed by atoms with E-state index in [1.807, 2.05) is 37.3 Å². The van der Waals surface area contributed by atoms with E-state index in [1.54, 1.807) is 42.5 Å². The maximum atomic E-state index is 12.9. The lowest BCUT2D eigenvalue weighted by Gasteiger charge is -2.15. The summed E-state index contributed by atoms with van der Waals surface area (Å²) in [6, 6.07) is 20.3. The Bertz CT molecular complexity index is 1350. The molecular formula is C27H22Br2N2O5S. The first-order chi connectivity index (χ1) is 17.8. The molecule has 0 aliphatic carbocycles. The molecule has 0 spiro atoms. The molecule has 10 heteroatoms. The summed E-state index contributed by atoms with van der Waals surface area (Å²) in [6.07, 6.45) is 1.60. The zero-order valence-corrected chi connectivity index (χ0v) is 23.7. The number of rotatable bonds is 9. The van der Waals surface area contributed by atoms with Crippen LogP contribution in [0.5, 0.6) is 11.5 Å². The lowest BCUT2D eigenvalue weighted by atomic mass is 10.1. The molecule has 3 aromatic rings. The largest absolute Gasteiger partial charge is 0.490 e. The SMILES string of the molecule is CCOc1cc(/C=C2/SC(=O)N(CC(=O)Nc3ccc(Br)cc3)C2=O)cc(Br)c1OCc1ccccc1. The maximum absolute atomic E-state index is 12.9. The molecule has 1 aliphatic rings. The number of thioether (sulfide) groups is 1. The van der Waals surface area contributed by atoms with Crippen LogP contribution in [-0.4, -0.2) is 35.1 Å². The molecule has 3 aromatic carbocycles. The van der Waals surface area contributed by atoms with Crippen LogP contribution in [0.25, 0.3) is 6.08 Å². The van der Waals surface area contributed by atoms with Gasteiger partial charge in [-0.2, -0.15) is 0 Å². The standard InChI is InChI=1S/C27H22Br2N2O5S/c1-2-35-22-13-18(12-21(29)25(22)36-16-17-6-4-3-5-7-17)14-23-26(33)31(27(34)37-23)15-24(32)30-20-10-8-19(28)9-11-20/h3-14H,2,15-16H2,1H3,(H,30,32)/b23-14+. The summed E-state index contributed by atoms with van der Waals surface area (Å²) in [6.45, 7) is 2.27. The summed E-state index contributed by atoms with van der Waals surface area (Å²) in [5.41, 5.74) is 2.23. The summed E-state index contributed by atoms with van der Waals surface area (Å²) in [7, 11) is 0. The molecule has 0 aromatic heterocycles. The summed E-state index contributed by atoms with van der Waals surface area (Å²) >= 11 is 7.66. The van der Waals surface area contributed by atoms with Gasteiger partial charge in [-0.05, 0) is 88.2 Å². The maximum Gasteiger partial charge on any atom is 0.294 e. The van der Waals surface area contributed by atoms with E-state index in [1.165, 1.54) is 0 Å². The molecule has 1 aliphatic heterocycles. The Labute approximate surface area is 235 Å². The zero-order valence-electron chi connectivity index (χ0n) is 19.7. The fourth-order valence-electron chi connectivity index (χ4n) is 3.47. The van der Waals surface area contributed by atoms with Crippen molar-refractivity contribution in [2.24, 2.45) is 0 Å². The van der Waals surface area contributed by atoms with E-state index in [-0.39, 0.29) is 11.4 Å². The summed E-state index contributed by atoms with van der Waals surface area (Å²) in [5.74, 6) is 0.0549.